The molecule has 0 N–H and O–H groups in total. The minimum atomic E-state index is 0.0612. The molecule has 0 radical (unpaired) electrons. The molecule has 0 spiro atoms. The second-order valence-electron chi connectivity index (χ2n) is 8.09. The first-order valence-corrected chi connectivity index (χ1v) is 10.9. The first kappa shape index (κ1) is 18.3. The Morgan fingerprint density at radius 3 is 1.71 bits per heavy atom. The lowest BCUT2D eigenvalue weighted by Crippen LogP contribution is -2.56. The number of aliphatic imine (C=N–C) groups is 2. The van der Waals surface area contributed by atoms with Crippen molar-refractivity contribution < 1.29 is 9.59 Å². The first-order chi connectivity index (χ1) is 11.5. The Kier molecular flexibility index (Phi) is 5.61. The van der Waals surface area contributed by atoms with Crippen LogP contribution in [0, 0.1) is 11.8 Å². The van der Waals surface area contributed by atoms with Crippen LogP contribution in [0.1, 0.15) is 52.4 Å². The molecular weight excluding hydrogens is 340 g/mol. The van der Waals surface area contributed by atoms with Gasteiger partial charge < -0.3 is 0 Å². The van der Waals surface area contributed by atoms with E-state index in [0.29, 0.717) is 9.49 Å². The molecule has 4 aliphatic carbocycles. The highest BCUT2D eigenvalue weighted by atomic mass is 32.2. The predicted molar refractivity (Wildman–Crippen MR) is 100 cm³/mol. The average molecular weight is 367 g/mol. The van der Waals surface area contributed by atoms with Gasteiger partial charge in [0.2, 0.25) is 12.2 Å². The van der Waals surface area contributed by atoms with E-state index >= 15 is 0 Å². The van der Waals surface area contributed by atoms with Gasteiger partial charge in [-0.25, -0.2) is 19.6 Å². The van der Waals surface area contributed by atoms with Gasteiger partial charge in [-0.05, 0) is 64.2 Å². The van der Waals surface area contributed by atoms with Crippen LogP contribution in [0.25, 0.3) is 0 Å². The number of nitrogens with zero attached hydrogens (tertiary/aromatic N) is 2. The summed E-state index contributed by atoms with van der Waals surface area (Å²) in [6.45, 7) is 4.00. The Morgan fingerprint density at radius 2 is 1.33 bits per heavy atom. The van der Waals surface area contributed by atoms with Crippen LogP contribution in [0.2, 0.25) is 0 Å². The van der Waals surface area contributed by atoms with Crippen molar-refractivity contribution >= 4 is 35.7 Å². The molecule has 0 amide bonds. The molecule has 0 aliphatic heterocycles. The van der Waals surface area contributed by atoms with Gasteiger partial charge in [-0.2, -0.15) is 23.5 Å². The monoisotopic (exact) mass is 366 g/mol. The average Bonchev–Trinajstić information content (AvgIpc) is 2.51. The molecule has 4 bridgehead atoms. The van der Waals surface area contributed by atoms with E-state index in [1.54, 1.807) is 12.2 Å². The highest BCUT2D eigenvalue weighted by Gasteiger charge is 2.58. The van der Waals surface area contributed by atoms with Crippen molar-refractivity contribution in [1.82, 2.24) is 0 Å². The number of thioether (sulfide) groups is 2. The van der Waals surface area contributed by atoms with Crippen molar-refractivity contribution in [2.24, 2.45) is 21.8 Å². The van der Waals surface area contributed by atoms with E-state index in [1.165, 1.54) is 38.5 Å². The number of hydrogen-bond donors (Lipinski definition) is 0. The SMILES string of the molecule is CC(CSC12CC3CC(C1)CC(SCC(C)N=C=O)(C3)C2)N=C=O. The molecule has 132 valence electrons. The molecule has 0 heterocycles. The molecule has 4 saturated carbocycles. The number of rotatable bonds is 8. The summed E-state index contributed by atoms with van der Waals surface area (Å²) in [5.41, 5.74) is 0. The topological polar surface area (TPSA) is 58.9 Å². The zero-order valence-electron chi connectivity index (χ0n) is 14.5. The third-order valence-electron chi connectivity index (χ3n) is 5.76. The van der Waals surface area contributed by atoms with Crippen LogP contribution in [-0.2, 0) is 9.59 Å². The second-order valence-corrected chi connectivity index (χ2v) is 11.1. The van der Waals surface area contributed by atoms with E-state index in [9.17, 15) is 9.59 Å². The highest BCUT2D eigenvalue weighted by Crippen LogP contribution is 2.66. The van der Waals surface area contributed by atoms with E-state index in [1.807, 2.05) is 13.8 Å². The molecule has 2 atom stereocenters. The van der Waals surface area contributed by atoms with Crippen molar-refractivity contribution in [1.29, 1.82) is 0 Å². The first-order valence-electron chi connectivity index (χ1n) is 8.90. The standard InChI is InChI=1S/C18H26N2O2S2/c1-13(19-11-21)8-23-17-4-15-3-16(5-17)7-18(6-15,10-17)24-9-14(2)20-12-22/h13-16H,3-10H2,1-2H3. The molecule has 4 fully saturated rings. The van der Waals surface area contributed by atoms with Crippen LogP contribution in [0.5, 0.6) is 0 Å². The Hall–Kier alpha value is -0.540. The molecule has 4 nitrogen and oxygen atoms in total. The lowest BCUT2D eigenvalue weighted by atomic mass is 9.55. The lowest BCUT2D eigenvalue weighted by Gasteiger charge is -2.62. The van der Waals surface area contributed by atoms with Crippen LogP contribution >= 0.6 is 23.5 Å². The molecule has 4 aliphatic rings. The maximum absolute atomic E-state index is 10.5. The zero-order valence-corrected chi connectivity index (χ0v) is 16.1. The van der Waals surface area contributed by atoms with Gasteiger partial charge in [0.1, 0.15) is 0 Å². The Balaban J connectivity index is 1.67. The van der Waals surface area contributed by atoms with Gasteiger partial charge in [0.15, 0.2) is 0 Å². The van der Waals surface area contributed by atoms with Crippen molar-refractivity contribution in [3.63, 3.8) is 0 Å². The third-order valence-corrected chi connectivity index (χ3v) is 9.24. The Morgan fingerprint density at radius 1 is 0.917 bits per heavy atom. The minimum absolute atomic E-state index is 0.0612. The van der Waals surface area contributed by atoms with E-state index in [-0.39, 0.29) is 12.1 Å². The van der Waals surface area contributed by atoms with Gasteiger partial charge in [-0.3, -0.25) is 0 Å². The summed E-state index contributed by atoms with van der Waals surface area (Å²) in [6, 6.07) is 0.122. The molecule has 0 saturated heterocycles. The number of carbonyl (C=O) groups excluding carboxylic acids is 2. The zero-order chi connectivity index (χ0) is 17.2. The summed E-state index contributed by atoms with van der Waals surface area (Å²) in [4.78, 5) is 28.6. The van der Waals surface area contributed by atoms with Gasteiger partial charge in [0.05, 0.1) is 12.1 Å². The predicted octanol–water partition coefficient (Wildman–Crippen LogP) is 3.99. The van der Waals surface area contributed by atoms with Gasteiger partial charge in [0.25, 0.3) is 0 Å². The van der Waals surface area contributed by atoms with Crippen LogP contribution in [0.3, 0.4) is 0 Å². The largest absolute Gasteiger partial charge is 0.235 e. The highest BCUT2D eigenvalue weighted by molar-refractivity contribution is 8.01. The van der Waals surface area contributed by atoms with Gasteiger partial charge >= 0.3 is 0 Å². The fourth-order valence-corrected chi connectivity index (χ4v) is 8.88. The maximum Gasteiger partial charge on any atom is 0.235 e. The van der Waals surface area contributed by atoms with Crippen LogP contribution in [-0.4, -0.2) is 45.2 Å². The Labute approximate surface area is 152 Å². The van der Waals surface area contributed by atoms with Crippen LogP contribution in [0.15, 0.2) is 9.98 Å². The van der Waals surface area contributed by atoms with E-state index < -0.39 is 0 Å². The van der Waals surface area contributed by atoms with Gasteiger partial charge in [-0.15, -0.1) is 0 Å². The van der Waals surface area contributed by atoms with Crippen LogP contribution in [0.4, 0.5) is 0 Å². The van der Waals surface area contributed by atoms with E-state index in [4.69, 9.17) is 0 Å². The summed E-state index contributed by atoms with van der Waals surface area (Å²) < 4.78 is 0.752. The molecule has 0 aromatic rings. The maximum atomic E-state index is 10.5. The fraction of sp³-hybridized carbons (Fsp3) is 0.889. The molecule has 2 unspecified atom stereocenters. The quantitative estimate of drug-likeness (QED) is 0.481. The van der Waals surface area contributed by atoms with Crippen molar-refractivity contribution in [3.8, 4) is 0 Å². The van der Waals surface area contributed by atoms with E-state index in [0.717, 1.165) is 23.3 Å². The van der Waals surface area contributed by atoms with Crippen molar-refractivity contribution in [3.05, 3.63) is 0 Å². The second kappa shape index (κ2) is 7.37. The fourth-order valence-electron chi connectivity index (χ4n) is 5.28. The summed E-state index contributed by atoms with van der Waals surface area (Å²) >= 11 is 4.11. The minimum Gasteiger partial charge on any atom is -0.211 e. The molecule has 0 aromatic carbocycles. The summed E-state index contributed by atoms with van der Waals surface area (Å²) in [5, 5.41) is 0. The molecule has 24 heavy (non-hydrogen) atoms. The number of isocyanates is 2. The normalized spacial score (nSPS) is 38.9. The third kappa shape index (κ3) is 3.99. The summed E-state index contributed by atoms with van der Waals surface area (Å²) in [6.07, 6.45) is 11.4. The lowest BCUT2D eigenvalue weighted by molar-refractivity contribution is 0.0574. The molecule has 0 aromatic heterocycles. The molecule has 4 rings (SSSR count). The summed E-state index contributed by atoms with van der Waals surface area (Å²) in [7, 11) is 0. The van der Waals surface area contributed by atoms with Crippen LogP contribution < -0.4 is 0 Å². The summed E-state index contributed by atoms with van der Waals surface area (Å²) in [5.74, 6) is 3.53. The Bertz CT molecular complexity index is 509. The van der Waals surface area contributed by atoms with Crippen molar-refractivity contribution in [2.45, 2.75) is 74.0 Å². The number of hydrogen-bond acceptors (Lipinski definition) is 6. The van der Waals surface area contributed by atoms with Gasteiger partial charge in [0, 0.05) is 21.0 Å². The smallest absolute Gasteiger partial charge is 0.211 e. The molecule has 6 heteroatoms. The van der Waals surface area contributed by atoms with Gasteiger partial charge in [-0.1, -0.05) is 0 Å². The molecular formula is C18H26N2O2S2. The van der Waals surface area contributed by atoms with E-state index in [2.05, 4.69) is 33.5 Å². The van der Waals surface area contributed by atoms with Crippen molar-refractivity contribution in [2.75, 3.05) is 11.5 Å².